The number of benzene rings is 1. The number of nitro benzene ring substituents is 1. The van der Waals surface area contributed by atoms with Gasteiger partial charge in [-0.15, -0.1) is 11.3 Å². The summed E-state index contributed by atoms with van der Waals surface area (Å²) in [7, 11) is 2.59. The second-order valence-electron chi connectivity index (χ2n) is 13.1. The van der Waals surface area contributed by atoms with Crippen molar-refractivity contribution in [2.24, 2.45) is 11.3 Å². The molecule has 14 nitrogen and oxygen atoms in total. The molecule has 50 heavy (non-hydrogen) atoms. The van der Waals surface area contributed by atoms with Crippen molar-refractivity contribution in [2.75, 3.05) is 20.7 Å². The fourth-order valence-corrected chi connectivity index (χ4v) is 6.86. The average Bonchev–Trinajstić information content (AvgIpc) is 3.70. The van der Waals surface area contributed by atoms with Crippen LogP contribution in [0.1, 0.15) is 106 Å². The van der Waals surface area contributed by atoms with Crippen molar-refractivity contribution in [1.29, 1.82) is 0 Å². The third kappa shape index (κ3) is 10.8. The first-order valence-electron chi connectivity index (χ1n) is 17.1. The Morgan fingerprint density at radius 1 is 1.10 bits per heavy atom. The van der Waals surface area contributed by atoms with Crippen LogP contribution in [0.4, 0.5) is 10.5 Å². The highest BCUT2D eigenvalue weighted by atomic mass is 32.1. The quantitative estimate of drug-likeness (QED) is 0.0762. The van der Waals surface area contributed by atoms with Gasteiger partial charge in [0.15, 0.2) is 6.10 Å². The van der Waals surface area contributed by atoms with Gasteiger partial charge in [0.05, 0.1) is 12.0 Å². The summed E-state index contributed by atoms with van der Waals surface area (Å²) in [4.78, 5) is 81.6. The number of hydrogen-bond donors (Lipinski definition) is 2. The molecule has 0 saturated heterocycles. The third-order valence-corrected chi connectivity index (χ3v) is 9.88. The van der Waals surface area contributed by atoms with Crippen LogP contribution in [-0.4, -0.2) is 77.3 Å². The average molecular weight is 716 g/mol. The molecule has 0 radical (unpaired) electrons. The number of carbonyl (C=O) groups is 5. The van der Waals surface area contributed by atoms with Crippen LogP contribution in [-0.2, 0) is 30.3 Å². The number of unbranched alkanes of at least 4 members (excludes halogenated alkanes) is 1. The number of esters is 1. The van der Waals surface area contributed by atoms with Crippen LogP contribution in [0.15, 0.2) is 29.6 Å². The summed E-state index contributed by atoms with van der Waals surface area (Å²) in [5.41, 5.74) is -0.305. The molecule has 1 fully saturated rings. The van der Waals surface area contributed by atoms with Crippen LogP contribution in [0.5, 0.6) is 0 Å². The van der Waals surface area contributed by atoms with E-state index in [0.29, 0.717) is 36.4 Å². The van der Waals surface area contributed by atoms with Crippen LogP contribution in [0, 0.1) is 21.4 Å². The second-order valence-corrected chi connectivity index (χ2v) is 13.9. The Bertz CT molecular complexity index is 1510. The second kappa shape index (κ2) is 18.6. The van der Waals surface area contributed by atoms with Gasteiger partial charge >= 0.3 is 12.1 Å². The molecule has 3 atom stereocenters. The predicted molar refractivity (Wildman–Crippen MR) is 187 cm³/mol. The highest BCUT2D eigenvalue weighted by molar-refractivity contribution is 7.09. The summed E-state index contributed by atoms with van der Waals surface area (Å²) >= 11 is 1.15. The van der Waals surface area contributed by atoms with E-state index >= 15 is 0 Å². The smallest absolute Gasteiger partial charge is 0.407 e. The third-order valence-electron chi connectivity index (χ3n) is 8.95. The normalized spacial score (nSPS) is 14.9. The molecule has 0 bridgehead atoms. The van der Waals surface area contributed by atoms with Crippen LogP contribution >= 0.6 is 11.3 Å². The van der Waals surface area contributed by atoms with Gasteiger partial charge < -0.3 is 25.0 Å². The Morgan fingerprint density at radius 2 is 1.78 bits per heavy atom. The fraction of sp³-hybridized carbons (Fsp3) is 0.600. The number of ketones is 1. The van der Waals surface area contributed by atoms with E-state index < -0.39 is 46.2 Å². The summed E-state index contributed by atoms with van der Waals surface area (Å²) in [5, 5.41) is 18.5. The Kier molecular flexibility index (Phi) is 14.9. The lowest BCUT2D eigenvalue weighted by Gasteiger charge is -2.36. The lowest BCUT2D eigenvalue weighted by atomic mass is 9.89. The summed E-state index contributed by atoms with van der Waals surface area (Å²) in [6.45, 7) is 8.62. The maximum Gasteiger partial charge on any atom is 0.407 e. The number of nitro groups is 1. The number of Topliss-reactive ketones (excluding diaryl/α,β-unsaturated/α-hetero) is 1. The number of carbonyl (C=O) groups excluding carboxylic acids is 5. The van der Waals surface area contributed by atoms with Gasteiger partial charge in [0, 0.05) is 61.4 Å². The van der Waals surface area contributed by atoms with Crippen molar-refractivity contribution in [3.8, 4) is 0 Å². The highest BCUT2D eigenvalue weighted by Gasteiger charge is 2.53. The maximum absolute atomic E-state index is 13.7. The Hall–Kier alpha value is -4.40. The molecular formula is C35H49N5O9S. The summed E-state index contributed by atoms with van der Waals surface area (Å²) < 4.78 is 10.4. The van der Waals surface area contributed by atoms with Crippen molar-refractivity contribution >= 4 is 46.7 Å². The number of methoxy groups -OCH3 is 1. The number of amides is 3. The molecule has 1 aliphatic carbocycles. The number of non-ortho nitro benzene ring substituents is 1. The molecule has 3 rings (SSSR count). The van der Waals surface area contributed by atoms with E-state index in [-0.39, 0.29) is 48.5 Å². The minimum Gasteiger partial charge on any atom is -0.463 e. The van der Waals surface area contributed by atoms with Gasteiger partial charge in [0.25, 0.3) is 11.6 Å². The van der Waals surface area contributed by atoms with E-state index in [0.717, 1.165) is 37.7 Å². The molecule has 1 saturated carbocycles. The van der Waals surface area contributed by atoms with Gasteiger partial charge in [0.1, 0.15) is 10.7 Å². The largest absolute Gasteiger partial charge is 0.463 e. The number of alkyl carbamates (subject to hydrolysis) is 1. The van der Waals surface area contributed by atoms with Crippen molar-refractivity contribution in [1.82, 2.24) is 20.5 Å². The van der Waals surface area contributed by atoms with Gasteiger partial charge in [-0.25, -0.2) is 14.6 Å². The molecule has 0 aliphatic heterocycles. The summed E-state index contributed by atoms with van der Waals surface area (Å²) in [5.74, 6) is -2.06. The van der Waals surface area contributed by atoms with Crippen LogP contribution in [0.25, 0.3) is 0 Å². The SMILES string of the molecule is CCCCC(=O)N(CCC)C(CC(OC(=O)NC)c1nc(C(=O)NC(Cc2ccc([N+](=O)[O-])cc2)CC2(C(=O)C(=O)OC)CC2)cs1)C(C)C. The molecule has 0 spiro atoms. The number of aromatic nitrogens is 1. The molecule has 1 aromatic heterocycles. The van der Waals surface area contributed by atoms with E-state index in [1.165, 1.54) is 19.2 Å². The van der Waals surface area contributed by atoms with E-state index in [1.54, 1.807) is 17.5 Å². The van der Waals surface area contributed by atoms with E-state index in [9.17, 15) is 34.1 Å². The van der Waals surface area contributed by atoms with E-state index in [1.807, 2.05) is 32.6 Å². The molecule has 3 amide bonds. The Balaban J connectivity index is 1.88. The number of nitrogens with zero attached hydrogens (tertiary/aromatic N) is 3. The molecule has 1 aromatic carbocycles. The predicted octanol–water partition coefficient (Wildman–Crippen LogP) is 5.55. The van der Waals surface area contributed by atoms with Gasteiger partial charge in [-0.05, 0) is 50.0 Å². The number of rotatable bonds is 20. The molecule has 1 heterocycles. The first-order chi connectivity index (χ1) is 23.8. The molecular weight excluding hydrogens is 666 g/mol. The van der Waals surface area contributed by atoms with Crippen LogP contribution in [0.2, 0.25) is 0 Å². The van der Waals surface area contributed by atoms with E-state index in [2.05, 4.69) is 20.4 Å². The first-order valence-corrected chi connectivity index (χ1v) is 18.0. The van der Waals surface area contributed by atoms with Gasteiger partial charge in [-0.2, -0.15) is 0 Å². The van der Waals surface area contributed by atoms with Crippen LogP contribution < -0.4 is 10.6 Å². The minimum atomic E-state index is -0.976. The fourth-order valence-electron chi connectivity index (χ4n) is 6.02. The Labute approximate surface area is 296 Å². The monoisotopic (exact) mass is 715 g/mol. The lowest BCUT2D eigenvalue weighted by Crippen LogP contribution is -2.45. The van der Waals surface area contributed by atoms with Gasteiger partial charge in [0.2, 0.25) is 11.7 Å². The molecule has 1 aliphatic rings. The van der Waals surface area contributed by atoms with Crippen molar-refractivity contribution in [2.45, 2.75) is 104 Å². The van der Waals surface area contributed by atoms with Crippen molar-refractivity contribution in [3.05, 3.63) is 56.0 Å². The zero-order valence-electron chi connectivity index (χ0n) is 29.7. The van der Waals surface area contributed by atoms with Crippen molar-refractivity contribution in [3.63, 3.8) is 0 Å². The van der Waals surface area contributed by atoms with E-state index in [4.69, 9.17) is 4.74 Å². The standard InChI is InChI=1S/C35H49N5O9S/c1-7-9-10-29(41)39(17-8-2)27(22(3)4)19-28(49-34(45)36-5)32-38-26(21-50-32)31(43)37-24(18-23-11-13-25(14-12-23)40(46)47)20-35(15-16-35)30(42)33(44)48-6/h11-14,21-22,24,27-28H,7-10,15-20H2,1-6H3,(H,36,45)(H,37,43). The summed E-state index contributed by atoms with van der Waals surface area (Å²) in [6, 6.07) is 5.00. The minimum absolute atomic E-state index is 0.0354. The number of thiazole rings is 1. The highest BCUT2D eigenvalue weighted by Crippen LogP contribution is 2.51. The van der Waals surface area contributed by atoms with Crippen molar-refractivity contribution < 1.29 is 38.4 Å². The zero-order chi connectivity index (χ0) is 37.0. The molecule has 3 unspecified atom stereocenters. The zero-order valence-corrected chi connectivity index (χ0v) is 30.5. The lowest BCUT2D eigenvalue weighted by molar-refractivity contribution is -0.384. The number of ether oxygens (including phenoxy) is 2. The molecule has 15 heteroatoms. The first kappa shape index (κ1) is 40.0. The van der Waals surface area contributed by atoms with Crippen LogP contribution in [0.3, 0.4) is 0 Å². The Morgan fingerprint density at radius 3 is 2.32 bits per heavy atom. The maximum atomic E-state index is 13.7. The van der Waals surface area contributed by atoms with Gasteiger partial charge in [-0.3, -0.25) is 24.5 Å². The topological polar surface area (TPSA) is 187 Å². The molecule has 2 N–H and O–H groups in total. The number of nitrogens with one attached hydrogen (secondary N) is 2. The number of hydrogen-bond acceptors (Lipinski definition) is 11. The molecule has 2 aromatic rings. The molecule has 274 valence electrons. The van der Waals surface area contributed by atoms with Gasteiger partial charge in [-0.1, -0.05) is 46.2 Å². The summed E-state index contributed by atoms with van der Waals surface area (Å²) in [6.07, 6.45) is 2.90.